The summed E-state index contributed by atoms with van der Waals surface area (Å²) in [7, 11) is 0. The van der Waals surface area contributed by atoms with E-state index in [-0.39, 0.29) is 0 Å². The van der Waals surface area contributed by atoms with E-state index >= 15 is 0 Å². The summed E-state index contributed by atoms with van der Waals surface area (Å²) in [6, 6.07) is 0.398. The summed E-state index contributed by atoms with van der Waals surface area (Å²) in [5, 5.41) is 0. The quantitative estimate of drug-likeness (QED) is 0.681. The summed E-state index contributed by atoms with van der Waals surface area (Å²) < 4.78 is 5.56. The molecule has 0 radical (unpaired) electrons. The highest BCUT2D eigenvalue weighted by molar-refractivity contribution is 4.74. The minimum absolute atomic E-state index is 0.398. The monoisotopic (exact) mass is 214 g/mol. The van der Waals surface area contributed by atoms with Crippen LogP contribution in [0.4, 0.5) is 0 Å². The fourth-order valence-electron chi connectivity index (χ4n) is 2.00. The second-order valence-electron chi connectivity index (χ2n) is 5.03. The van der Waals surface area contributed by atoms with Crippen molar-refractivity contribution >= 4 is 0 Å². The van der Waals surface area contributed by atoms with Gasteiger partial charge in [-0.15, -0.1) is 0 Å². The predicted octanol–water partition coefficient (Wildman–Crippen LogP) is 1.47. The van der Waals surface area contributed by atoms with Gasteiger partial charge in [0.2, 0.25) is 0 Å². The van der Waals surface area contributed by atoms with Gasteiger partial charge in [0, 0.05) is 32.3 Å². The van der Waals surface area contributed by atoms with Crippen molar-refractivity contribution in [3.8, 4) is 0 Å². The molecule has 2 N–H and O–H groups in total. The second-order valence-corrected chi connectivity index (χ2v) is 5.03. The summed E-state index contributed by atoms with van der Waals surface area (Å²) in [5.74, 6) is 0.647. The Balaban J connectivity index is 1.95. The maximum atomic E-state index is 5.92. The molecule has 1 atom stereocenters. The fraction of sp³-hybridized carbons (Fsp3) is 1.00. The van der Waals surface area contributed by atoms with Crippen molar-refractivity contribution in [2.45, 2.75) is 39.2 Å². The van der Waals surface area contributed by atoms with Crippen molar-refractivity contribution in [2.75, 3.05) is 32.8 Å². The minimum atomic E-state index is 0.398. The molecule has 0 aromatic heterocycles. The molecule has 1 rings (SSSR count). The Kier molecular flexibility index (Phi) is 6.22. The molecule has 0 aromatic carbocycles. The lowest BCUT2D eigenvalue weighted by atomic mass is 10.1. The van der Waals surface area contributed by atoms with Crippen molar-refractivity contribution in [1.82, 2.24) is 4.90 Å². The first-order chi connectivity index (χ1) is 7.18. The molecule has 1 heterocycles. The van der Waals surface area contributed by atoms with Crippen LogP contribution in [-0.2, 0) is 4.74 Å². The molecule has 0 saturated carbocycles. The first-order valence-corrected chi connectivity index (χ1v) is 6.24. The van der Waals surface area contributed by atoms with Crippen LogP contribution < -0.4 is 5.73 Å². The Morgan fingerprint density at radius 2 is 2.27 bits per heavy atom. The standard InChI is InChI=1S/C12H26N2O/c1-11(2)10-15-8-4-7-14-6-3-5-12(13)9-14/h11-12H,3-10,13H2,1-2H3. The molecule has 0 aromatic rings. The number of nitrogens with zero attached hydrogens (tertiary/aromatic N) is 1. The third-order valence-corrected chi connectivity index (χ3v) is 2.76. The molecule has 0 bridgehead atoms. The highest BCUT2D eigenvalue weighted by atomic mass is 16.5. The molecule has 1 saturated heterocycles. The zero-order chi connectivity index (χ0) is 11.1. The number of hydrogen-bond acceptors (Lipinski definition) is 3. The van der Waals surface area contributed by atoms with Gasteiger partial charge in [-0.05, 0) is 31.7 Å². The number of rotatable bonds is 6. The average Bonchev–Trinajstić information content (AvgIpc) is 2.17. The van der Waals surface area contributed by atoms with Gasteiger partial charge in [-0.25, -0.2) is 0 Å². The lowest BCUT2D eigenvalue weighted by Crippen LogP contribution is -2.43. The van der Waals surface area contributed by atoms with Gasteiger partial charge in [0.25, 0.3) is 0 Å². The molecular formula is C12H26N2O. The highest BCUT2D eigenvalue weighted by Gasteiger charge is 2.15. The van der Waals surface area contributed by atoms with Gasteiger partial charge in [0.1, 0.15) is 0 Å². The van der Waals surface area contributed by atoms with Gasteiger partial charge in [0.05, 0.1) is 0 Å². The van der Waals surface area contributed by atoms with Crippen LogP contribution in [0.15, 0.2) is 0 Å². The third kappa shape index (κ3) is 6.13. The molecule has 90 valence electrons. The zero-order valence-corrected chi connectivity index (χ0v) is 10.2. The van der Waals surface area contributed by atoms with Crippen molar-refractivity contribution in [1.29, 1.82) is 0 Å². The normalized spacial score (nSPS) is 23.6. The third-order valence-electron chi connectivity index (χ3n) is 2.76. The number of hydrogen-bond donors (Lipinski definition) is 1. The molecule has 1 unspecified atom stereocenters. The van der Waals surface area contributed by atoms with Crippen LogP contribution in [-0.4, -0.2) is 43.8 Å². The Bertz CT molecular complexity index is 162. The first-order valence-electron chi connectivity index (χ1n) is 6.24. The van der Waals surface area contributed by atoms with Crippen LogP contribution in [0.25, 0.3) is 0 Å². The number of ether oxygens (including phenoxy) is 1. The van der Waals surface area contributed by atoms with Crippen LogP contribution in [0.1, 0.15) is 33.1 Å². The molecular weight excluding hydrogens is 188 g/mol. The first kappa shape index (κ1) is 12.9. The van der Waals surface area contributed by atoms with Gasteiger partial charge >= 0.3 is 0 Å². The van der Waals surface area contributed by atoms with E-state index in [2.05, 4.69) is 18.7 Å². The summed E-state index contributed by atoms with van der Waals surface area (Å²) in [4.78, 5) is 2.47. The van der Waals surface area contributed by atoms with Crippen LogP contribution >= 0.6 is 0 Å². The van der Waals surface area contributed by atoms with Crippen molar-refractivity contribution < 1.29 is 4.74 Å². The van der Waals surface area contributed by atoms with E-state index in [4.69, 9.17) is 10.5 Å². The maximum Gasteiger partial charge on any atom is 0.0489 e. The molecule has 1 fully saturated rings. The Morgan fingerprint density at radius 1 is 1.47 bits per heavy atom. The summed E-state index contributed by atoms with van der Waals surface area (Å²) in [6.45, 7) is 9.59. The molecule has 0 aliphatic carbocycles. The Hall–Kier alpha value is -0.120. The smallest absolute Gasteiger partial charge is 0.0489 e. The van der Waals surface area contributed by atoms with Crippen LogP contribution in [0.3, 0.4) is 0 Å². The molecule has 1 aliphatic rings. The van der Waals surface area contributed by atoms with E-state index in [0.29, 0.717) is 12.0 Å². The number of nitrogens with two attached hydrogens (primary N) is 1. The van der Waals surface area contributed by atoms with E-state index in [9.17, 15) is 0 Å². The molecule has 0 amide bonds. The molecule has 3 heteroatoms. The van der Waals surface area contributed by atoms with E-state index in [1.165, 1.54) is 19.4 Å². The molecule has 1 aliphatic heterocycles. The van der Waals surface area contributed by atoms with Crippen LogP contribution in [0, 0.1) is 5.92 Å². The minimum Gasteiger partial charge on any atom is -0.381 e. The van der Waals surface area contributed by atoms with Crippen molar-refractivity contribution in [3.63, 3.8) is 0 Å². The molecule has 3 nitrogen and oxygen atoms in total. The van der Waals surface area contributed by atoms with Gasteiger partial charge in [-0.2, -0.15) is 0 Å². The summed E-state index contributed by atoms with van der Waals surface area (Å²) in [5.41, 5.74) is 5.92. The van der Waals surface area contributed by atoms with Gasteiger partial charge in [0.15, 0.2) is 0 Å². The fourth-order valence-corrected chi connectivity index (χ4v) is 2.00. The van der Waals surface area contributed by atoms with Crippen LogP contribution in [0.2, 0.25) is 0 Å². The zero-order valence-electron chi connectivity index (χ0n) is 10.2. The Labute approximate surface area is 94.0 Å². The topological polar surface area (TPSA) is 38.5 Å². The van der Waals surface area contributed by atoms with Gasteiger partial charge in [-0.1, -0.05) is 13.8 Å². The van der Waals surface area contributed by atoms with Crippen molar-refractivity contribution in [3.05, 3.63) is 0 Å². The second kappa shape index (κ2) is 7.20. The predicted molar refractivity (Wildman–Crippen MR) is 63.9 cm³/mol. The van der Waals surface area contributed by atoms with Gasteiger partial charge in [-0.3, -0.25) is 0 Å². The Morgan fingerprint density at radius 3 is 2.93 bits per heavy atom. The number of likely N-dealkylation sites (tertiary alicyclic amines) is 1. The average molecular weight is 214 g/mol. The van der Waals surface area contributed by atoms with E-state index < -0.39 is 0 Å². The largest absolute Gasteiger partial charge is 0.381 e. The summed E-state index contributed by atoms with van der Waals surface area (Å²) in [6.07, 6.45) is 3.59. The van der Waals surface area contributed by atoms with E-state index in [1.54, 1.807) is 0 Å². The maximum absolute atomic E-state index is 5.92. The SMILES string of the molecule is CC(C)COCCCN1CCCC(N)C1. The summed E-state index contributed by atoms with van der Waals surface area (Å²) >= 11 is 0. The highest BCUT2D eigenvalue weighted by Crippen LogP contribution is 2.08. The molecule has 0 spiro atoms. The van der Waals surface area contributed by atoms with Crippen molar-refractivity contribution in [2.24, 2.45) is 11.7 Å². The van der Waals surface area contributed by atoms with Crippen LogP contribution in [0.5, 0.6) is 0 Å². The van der Waals surface area contributed by atoms with Gasteiger partial charge < -0.3 is 15.4 Å². The lowest BCUT2D eigenvalue weighted by Gasteiger charge is -2.30. The van der Waals surface area contributed by atoms with E-state index in [1.807, 2.05) is 0 Å². The lowest BCUT2D eigenvalue weighted by molar-refractivity contribution is 0.0955. The van der Waals surface area contributed by atoms with E-state index in [0.717, 1.165) is 32.7 Å². The number of piperidine rings is 1. The molecule has 15 heavy (non-hydrogen) atoms.